The molecule has 1 fully saturated rings. The van der Waals surface area contributed by atoms with E-state index in [9.17, 15) is 4.79 Å². The zero-order valence-electron chi connectivity index (χ0n) is 10.4. The number of hydrogen-bond donors (Lipinski definition) is 1. The molecule has 18 heavy (non-hydrogen) atoms. The van der Waals surface area contributed by atoms with E-state index < -0.39 is 5.97 Å². The first-order valence-electron chi connectivity index (χ1n) is 6.29. The van der Waals surface area contributed by atoms with Crippen molar-refractivity contribution in [3.8, 4) is 0 Å². The molecule has 0 amide bonds. The van der Waals surface area contributed by atoms with Crippen LogP contribution in [0.2, 0.25) is 5.15 Å². The topological polar surface area (TPSA) is 53.4 Å². The molecule has 4 nitrogen and oxygen atoms in total. The number of anilines is 1. The van der Waals surface area contributed by atoms with Gasteiger partial charge in [-0.2, -0.15) is 0 Å². The Balaban J connectivity index is 2.32. The van der Waals surface area contributed by atoms with E-state index in [4.69, 9.17) is 16.7 Å². The molecule has 1 aromatic rings. The van der Waals surface area contributed by atoms with Crippen LogP contribution in [-0.4, -0.2) is 28.6 Å². The molecule has 1 saturated carbocycles. The summed E-state index contributed by atoms with van der Waals surface area (Å²) in [5.74, 6) is -0.294. The van der Waals surface area contributed by atoms with Crippen molar-refractivity contribution < 1.29 is 9.90 Å². The normalized spacial score (nSPS) is 15.9. The number of pyridine rings is 1. The number of hydrogen-bond acceptors (Lipinski definition) is 3. The molecule has 0 radical (unpaired) electrons. The van der Waals surface area contributed by atoms with E-state index in [1.54, 1.807) is 6.07 Å². The van der Waals surface area contributed by atoms with Crippen molar-refractivity contribution in [2.75, 3.05) is 11.4 Å². The summed E-state index contributed by atoms with van der Waals surface area (Å²) >= 11 is 5.90. The van der Waals surface area contributed by atoms with Gasteiger partial charge in [0.2, 0.25) is 0 Å². The molecule has 0 atom stereocenters. The molecular weight excluding hydrogens is 252 g/mol. The highest BCUT2D eigenvalue weighted by Crippen LogP contribution is 2.28. The van der Waals surface area contributed by atoms with Crippen molar-refractivity contribution in [1.29, 1.82) is 0 Å². The minimum Gasteiger partial charge on any atom is -0.478 e. The second-order valence-electron chi connectivity index (χ2n) is 4.57. The Kier molecular flexibility index (Phi) is 4.07. The Morgan fingerprint density at radius 2 is 2.17 bits per heavy atom. The molecule has 1 heterocycles. The fourth-order valence-electron chi connectivity index (χ4n) is 2.58. The van der Waals surface area contributed by atoms with Crippen LogP contribution < -0.4 is 4.90 Å². The largest absolute Gasteiger partial charge is 0.478 e. The number of halogens is 1. The van der Waals surface area contributed by atoms with Crippen LogP contribution in [-0.2, 0) is 0 Å². The van der Waals surface area contributed by atoms with Gasteiger partial charge < -0.3 is 10.0 Å². The van der Waals surface area contributed by atoms with E-state index in [0.717, 1.165) is 19.4 Å². The molecule has 98 valence electrons. The van der Waals surface area contributed by atoms with Gasteiger partial charge in [-0.15, -0.1) is 0 Å². The van der Waals surface area contributed by atoms with Gasteiger partial charge in [-0.3, -0.25) is 0 Å². The number of carbonyl (C=O) groups is 1. The molecule has 0 aromatic carbocycles. The van der Waals surface area contributed by atoms with Crippen molar-refractivity contribution >= 4 is 23.4 Å². The highest BCUT2D eigenvalue weighted by Gasteiger charge is 2.23. The summed E-state index contributed by atoms with van der Waals surface area (Å²) in [7, 11) is 0. The molecule has 1 N–H and O–H groups in total. The van der Waals surface area contributed by atoms with Gasteiger partial charge in [0, 0.05) is 12.6 Å². The van der Waals surface area contributed by atoms with E-state index in [2.05, 4.69) is 16.8 Å². The summed E-state index contributed by atoms with van der Waals surface area (Å²) in [6.45, 7) is 2.87. The lowest BCUT2D eigenvalue weighted by Gasteiger charge is -2.29. The molecule has 0 spiro atoms. The van der Waals surface area contributed by atoms with Crippen LogP contribution in [0.25, 0.3) is 0 Å². The minimum absolute atomic E-state index is 0.196. The number of aromatic nitrogens is 1. The maximum absolute atomic E-state index is 11.0. The number of nitrogens with zero attached hydrogens (tertiary/aromatic N) is 2. The van der Waals surface area contributed by atoms with Crippen LogP contribution in [0, 0.1) is 0 Å². The predicted octanol–water partition coefficient (Wildman–Crippen LogP) is 3.20. The zero-order chi connectivity index (χ0) is 13.1. The zero-order valence-corrected chi connectivity index (χ0v) is 11.2. The van der Waals surface area contributed by atoms with Crippen molar-refractivity contribution in [3.63, 3.8) is 0 Å². The Labute approximate surface area is 112 Å². The molecule has 1 aliphatic rings. The van der Waals surface area contributed by atoms with Crippen molar-refractivity contribution in [2.45, 2.75) is 38.6 Å². The average molecular weight is 269 g/mol. The fourth-order valence-corrected chi connectivity index (χ4v) is 2.78. The summed E-state index contributed by atoms with van der Waals surface area (Å²) in [5.41, 5.74) is 0.196. The van der Waals surface area contributed by atoms with Crippen molar-refractivity contribution in [1.82, 2.24) is 4.98 Å². The number of carboxylic acid groups (broad SMARTS) is 1. The molecule has 2 rings (SSSR count). The standard InChI is InChI=1S/C13H17ClN2O2/c1-2-16(10-5-3-4-6-10)12-8-9(13(17)18)7-11(14)15-12/h7-8,10H,2-6H2,1H3,(H,17,18). The second-order valence-corrected chi connectivity index (χ2v) is 4.95. The third-order valence-electron chi connectivity index (χ3n) is 3.43. The number of carboxylic acids is 1. The van der Waals surface area contributed by atoms with Crippen LogP contribution in [0.1, 0.15) is 43.0 Å². The minimum atomic E-state index is -0.969. The Bertz CT molecular complexity index is 445. The summed E-state index contributed by atoms with van der Waals surface area (Å²) in [6.07, 6.45) is 4.75. The van der Waals surface area contributed by atoms with Gasteiger partial charge in [0.05, 0.1) is 5.56 Å². The maximum atomic E-state index is 11.0. The van der Waals surface area contributed by atoms with Gasteiger partial charge in [0.15, 0.2) is 0 Å². The van der Waals surface area contributed by atoms with Gasteiger partial charge in [-0.1, -0.05) is 24.4 Å². The van der Waals surface area contributed by atoms with Gasteiger partial charge in [-0.05, 0) is 31.9 Å². The van der Waals surface area contributed by atoms with Crippen LogP contribution in [0.3, 0.4) is 0 Å². The molecule has 1 aliphatic carbocycles. The lowest BCUT2D eigenvalue weighted by Crippen LogP contribution is -2.33. The number of rotatable bonds is 4. The first kappa shape index (κ1) is 13.1. The van der Waals surface area contributed by atoms with E-state index in [1.807, 2.05) is 0 Å². The Morgan fingerprint density at radius 3 is 2.72 bits per heavy atom. The van der Waals surface area contributed by atoms with Crippen LogP contribution in [0.15, 0.2) is 12.1 Å². The molecule has 0 aliphatic heterocycles. The summed E-state index contributed by atoms with van der Waals surface area (Å²) < 4.78 is 0. The Hall–Kier alpha value is -1.29. The number of aromatic carboxylic acids is 1. The second kappa shape index (κ2) is 5.57. The van der Waals surface area contributed by atoms with Crippen molar-refractivity contribution in [3.05, 3.63) is 22.8 Å². The average Bonchev–Trinajstić information content (AvgIpc) is 2.83. The third-order valence-corrected chi connectivity index (χ3v) is 3.62. The van der Waals surface area contributed by atoms with E-state index in [0.29, 0.717) is 11.9 Å². The van der Waals surface area contributed by atoms with Gasteiger partial charge in [-0.25, -0.2) is 9.78 Å². The molecule has 0 bridgehead atoms. The molecule has 0 unspecified atom stereocenters. The van der Waals surface area contributed by atoms with E-state index in [1.165, 1.54) is 18.9 Å². The summed E-state index contributed by atoms with van der Waals surface area (Å²) in [4.78, 5) is 17.5. The first-order chi connectivity index (χ1) is 8.61. The third kappa shape index (κ3) is 2.75. The van der Waals surface area contributed by atoms with Crippen LogP contribution >= 0.6 is 11.6 Å². The smallest absolute Gasteiger partial charge is 0.335 e. The van der Waals surface area contributed by atoms with E-state index in [-0.39, 0.29) is 10.7 Å². The lowest BCUT2D eigenvalue weighted by molar-refractivity contribution is 0.0696. The quantitative estimate of drug-likeness (QED) is 0.852. The summed E-state index contributed by atoms with van der Waals surface area (Å²) in [6, 6.07) is 3.45. The molecular formula is C13H17ClN2O2. The lowest BCUT2D eigenvalue weighted by atomic mass is 10.2. The highest BCUT2D eigenvalue weighted by molar-refractivity contribution is 6.29. The maximum Gasteiger partial charge on any atom is 0.335 e. The Morgan fingerprint density at radius 1 is 1.50 bits per heavy atom. The monoisotopic (exact) mass is 268 g/mol. The molecule has 1 aromatic heterocycles. The van der Waals surface area contributed by atoms with Crippen molar-refractivity contribution in [2.24, 2.45) is 0 Å². The van der Waals surface area contributed by atoms with Crippen LogP contribution in [0.5, 0.6) is 0 Å². The highest BCUT2D eigenvalue weighted by atomic mass is 35.5. The fraction of sp³-hybridized carbons (Fsp3) is 0.538. The van der Waals surface area contributed by atoms with Crippen LogP contribution in [0.4, 0.5) is 5.82 Å². The summed E-state index contributed by atoms with van der Waals surface area (Å²) in [5, 5.41) is 9.29. The SMILES string of the molecule is CCN(c1cc(C(=O)O)cc(Cl)n1)C1CCCC1. The van der Waals surface area contributed by atoms with Gasteiger partial charge >= 0.3 is 5.97 Å². The van der Waals surface area contributed by atoms with Gasteiger partial charge in [0.1, 0.15) is 11.0 Å². The van der Waals surface area contributed by atoms with E-state index >= 15 is 0 Å². The predicted molar refractivity (Wildman–Crippen MR) is 71.5 cm³/mol. The first-order valence-corrected chi connectivity index (χ1v) is 6.67. The molecule has 0 saturated heterocycles. The van der Waals surface area contributed by atoms with Gasteiger partial charge in [0.25, 0.3) is 0 Å². The molecule has 5 heteroatoms.